The molecular weight excluding hydrogens is 302 g/mol. The van der Waals surface area contributed by atoms with Crippen LogP contribution >= 0.6 is 11.6 Å². The molecule has 0 heterocycles. The second kappa shape index (κ2) is 8.79. The molecule has 1 unspecified atom stereocenters. The molecule has 1 aromatic rings. The Balaban J connectivity index is 1.88. The van der Waals surface area contributed by atoms with E-state index in [4.69, 9.17) is 16.3 Å². The summed E-state index contributed by atoms with van der Waals surface area (Å²) in [6.45, 7) is 0.194. The molecule has 1 fully saturated rings. The van der Waals surface area contributed by atoms with Crippen LogP contribution in [0.15, 0.2) is 30.3 Å². The Morgan fingerprint density at radius 2 is 1.86 bits per heavy atom. The third kappa shape index (κ3) is 5.02. The van der Waals surface area contributed by atoms with Crippen LogP contribution in [0.3, 0.4) is 0 Å². The highest BCUT2D eigenvalue weighted by molar-refractivity contribution is 6.28. The number of Topliss-reactive ketones (excluding diaryl/α,β-unsaturated/α-hetero) is 1. The van der Waals surface area contributed by atoms with Crippen LogP contribution in [-0.2, 0) is 16.1 Å². The van der Waals surface area contributed by atoms with E-state index in [2.05, 4.69) is 5.32 Å². The molecule has 0 bridgehead atoms. The Labute approximate surface area is 136 Å². The average Bonchev–Trinajstić information content (AvgIpc) is 2.59. The van der Waals surface area contributed by atoms with Crippen molar-refractivity contribution in [1.82, 2.24) is 5.32 Å². The number of hydrogen-bond donors (Lipinski definition) is 1. The lowest BCUT2D eigenvalue weighted by Gasteiger charge is -2.29. The zero-order chi connectivity index (χ0) is 15.8. The Morgan fingerprint density at radius 3 is 2.50 bits per heavy atom. The number of halogens is 1. The number of ether oxygens (including phenoxy) is 1. The number of benzene rings is 1. The Morgan fingerprint density at radius 1 is 1.18 bits per heavy atom. The third-order valence-electron chi connectivity index (χ3n) is 4.09. The van der Waals surface area contributed by atoms with Crippen LogP contribution in [0.2, 0.25) is 0 Å². The summed E-state index contributed by atoms with van der Waals surface area (Å²) in [7, 11) is 0. The zero-order valence-corrected chi connectivity index (χ0v) is 13.3. The van der Waals surface area contributed by atoms with Gasteiger partial charge in [-0.25, -0.2) is 4.79 Å². The maximum atomic E-state index is 12.0. The molecule has 0 saturated heterocycles. The van der Waals surface area contributed by atoms with E-state index < -0.39 is 12.1 Å². The quantitative estimate of drug-likeness (QED) is 0.813. The van der Waals surface area contributed by atoms with Crippen molar-refractivity contribution in [3.63, 3.8) is 0 Å². The molecular formula is C17H22ClNO3. The van der Waals surface area contributed by atoms with Gasteiger partial charge >= 0.3 is 6.09 Å². The van der Waals surface area contributed by atoms with Crippen molar-refractivity contribution in [1.29, 1.82) is 0 Å². The minimum absolute atomic E-state index is 0.0832. The Hall–Kier alpha value is -1.55. The van der Waals surface area contributed by atoms with Crippen molar-refractivity contribution in [2.45, 2.75) is 44.8 Å². The first kappa shape index (κ1) is 16.8. The average molecular weight is 324 g/mol. The standard InChI is InChI=1S/C17H22ClNO3/c18-11-15(20)16(14-9-5-2-6-10-14)19-17(21)22-12-13-7-3-1-4-8-13/h1,3-4,7-8,14,16H,2,5-6,9-12H2,(H,19,21). The van der Waals surface area contributed by atoms with Gasteiger partial charge < -0.3 is 10.1 Å². The van der Waals surface area contributed by atoms with E-state index >= 15 is 0 Å². The summed E-state index contributed by atoms with van der Waals surface area (Å²) < 4.78 is 5.20. The zero-order valence-electron chi connectivity index (χ0n) is 12.6. The second-order valence-corrected chi connectivity index (χ2v) is 5.95. The van der Waals surface area contributed by atoms with Gasteiger partial charge in [-0.05, 0) is 24.3 Å². The number of ketones is 1. The molecule has 120 valence electrons. The minimum atomic E-state index is -0.558. The fourth-order valence-electron chi connectivity index (χ4n) is 2.90. The van der Waals surface area contributed by atoms with Crippen LogP contribution in [-0.4, -0.2) is 23.8 Å². The van der Waals surface area contributed by atoms with Gasteiger partial charge in [-0.1, -0.05) is 49.6 Å². The Bertz CT molecular complexity index is 486. The van der Waals surface area contributed by atoms with E-state index in [9.17, 15) is 9.59 Å². The van der Waals surface area contributed by atoms with Crippen LogP contribution in [0, 0.1) is 5.92 Å². The Kier molecular flexibility index (Phi) is 6.72. The maximum Gasteiger partial charge on any atom is 0.408 e. The first-order valence-electron chi connectivity index (χ1n) is 7.76. The largest absolute Gasteiger partial charge is 0.445 e. The molecule has 5 heteroatoms. The summed E-state index contributed by atoms with van der Waals surface area (Å²) in [5.74, 6) is -0.0466. The number of rotatable bonds is 6. The van der Waals surface area contributed by atoms with E-state index in [1.165, 1.54) is 6.42 Å². The first-order valence-corrected chi connectivity index (χ1v) is 8.30. The van der Waals surface area contributed by atoms with Gasteiger partial charge in [0.25, 0.3) is 0 Å². The van der Waals surface area contributed by atoms with Gasteiger partial charge in [0, 0.05) is 0 Å². The van der Waals surface area contributed by atoms with Gasteiger partial charge in [-0.3, -0.25) is 4.79 Å². The molecule has 1 saturated carbocycles. The lowest BCUT2D eigenvalue weighted by atomic mass is 9.82. The second-order valence-electron chi connectivity index (χ2n) is 5.68. The molecule has 4 nitrogen and oxygen atoms in total. The van der Waals surface area contributed by atoms with Crippen molar-refractivity contribution < 1.29 is 14.3 Å². The lowest BCUT2D eigenvalue weighted by molar-refractivity contribution is -0.120. The molecule has 1 atom stereocenters. The summed E-state index contributed by atoms with van der Waals surface area (Å²) in [6.07, 6.45) is 4.72. The molecule has 1 N–H and O–H groups in total. The smallest absolute Gasteiger partial charge is 0.408 e. The summed E-state index contributed by atoms with van der Waals surface area (Å²) in [6, 6.07) is 8.92. The number of amides is 1. The van der Waals surface area contributed by atoms with Gasteiger partial charge in [0.1, 0.15) is 6.61 Å². The number of alkyl halides is 1. The number of hydrogen-bond acceptors (Lipinski definition) is 3. The maximum absolute atomic E-state index is 12.0. The summed E-state index contributed by atoms with van der Waals surface area (Å²) in [4.78, 5) is 24.0. The topological polar surface area (TPSA) is 55.4 Å². The molecule has 1 aromatic carbocycles. The van der Waals surface area contributed by atoms with Crippen molar-refractivity contribution in [3.8, 4) is 0 Å². The van der Waals surface area contributed by atoms with Gasteiger partial charge in [0.2, 0.25) is 0 Å². The van der Waals surface area contributed by atoms with Crippen molar-refractivity contribution >= 4 is 23.5 Å². The number of carbonyl (C=O) groups is 2. The summed E-state index contributed by atoms with van der Waals surface area (Å²) in [5.41, 5.74) is 0.913. The van der Waals surface area contributed by atoms with E-state index in [1.54, 1.807) is 0 Å². The number of carbonyl (C=O) groups excluding carboxylic acids is 2. The van der Waals surface area contributed by atoms with E-state index in [0.29, 0.717) is 0 Å². The molecule has 0 radical (unpaired) electrons. The molecule has 0 spiro atoms. The molecule has 1 aliphatic carbocycles. The molecule has 0 aromatic heterocycles. The molecule has 0 aliphatic heterocycles. The van der Waals surface area contributed by atoms with E-state index in [0.717, 1.165) is 31.2 Å². The van der Waals surface area contributed by atoms with E-state index in [1.807, 2.05) is 30.3 Å². The monoisotopic (exact) mass is 323 g/mol. The number of alkyl carbamates (subject to hydrolysis) is 1. The lowest BCUT2D eigenvalue weighted by Crippen LogP contribution is -2.47. The summed E-state index contributed by atoms with van der Waals surface area (Å²) >= 11 is 5.68. The van der Waals surface area contributed by atoms with Crippen molar-refractivity contribution in [3.05, 3.63) is 35.9 Å². The van der Waals surface area contributed by atoms with Crippen molar-refractivity contribution in [2.75, 3.05) is 5.88 Å². The van der Waals surface area contributed by atoms with Crippen LogP contribution in [0.1, 0.15) is 37.7 Å². The summed E-state index contributed by atoms with van der Waals surface area (Å²) in [5, 5.41) is 2.71. The minimum Gasteiger partial charge on any atom is -0.445 e. The van der Waals surface area contributed by atoms with Gasteiger partial charge in [0.15, 0.2) is 5.78 Å². The van der Waals surface area contributed by atoms with Crippen molar-refractivity contribution in [2.24, 2.45) is 5.92 Å². The predicted molar refractivity (Wildman–Crippen MR) is 85.9 cm³/mol. The normalized spacial score (nSPS) is 16.8. The highest BCUT2D eigenvalue weighted by Gasteiger charge is 2.30. The van der Waals surface area contributed by atoms with Crippen LogP contribution in [0.4, 0.5) is 4.79 Å². The molecule has 1 aliphatic rings. The molecule has 22 heavy (non-hydrogen) atoms. The molecule has 1 amide bonds. The SMILES string of the molecule is O=C(NC(C(=O)CCl)C1CCCCC1)OCc1ccccc1. The van der Waals surface area contributed by atoms with Crippen LogP contribution in [0.5, 0.6) is 0 Å². The van der Waals surface area contributed by atoms with Gasteiger partial charge in [-0.2, -0.15) is 0 Å². The molecule has 2 rings (SSSR count). The van der Waals surface area contributed by atoms with E-state index in [-0.39, 0.29) is 24.2 Å². The predicted octanol–water partition coefficient (Wildman–Crippen LogP) is 3.67. The highest BCUT2D eigenvalue weighted by Crippen LogP contribution is 2.27. The number of nitrogens with one attached hydrogen (secondary N) is 1. The van der Waals surface area contributed by atoms with Crippen LogP contribution < -0.4 is 5.32 Å². The first-order chi connectivity index (χ1) is 10.7. The highest BCUT2D eigenvalue weighted by atomic mass is 35.5. The van der Waals surface area contributed by atoms with Gasteiger partial charge in [0.05, 0.1) is 11.9 Å². The van der Waals surface area contributed by atoms with Crippen LogP contribution in [0.25, 0.3) is 0 Å². The van der Waals surface area contributed by atoms with Gasteiger partial charge in [-0.15, -0.1) is 11.6 Å². The fourth-order valence-corrected chi connectivity index (χ4v) is 3.07. The fraction of sp³-hybridized carbons (Fsp3) is 0.529. The third-order valence-corrected chi connectivity index (χ3v) is 4.35.